The predicted molar refractivity (Wildman–Crippen MR) is 144 cm³/mol. The molecule has 4 rings (SSSR count). The van der Waals surface area contributed by atoms with E-state index >= 15 is 0 Å². The van der Waals surface area contributed by atoms with E-state index in [-0.39, 0.29) is 28.5 Å². The molecule has 1 atom stereocenters. The molecule has 7 nitrogen and oxygen atoms in total. The summed E-state index contributed by atoms with van der Waals surface area (Å²) < 4.78 is 10.5. The van der Waals surface area contributed by atoms with Crippen LogP contribution >= 0.6 is 11.6 Å². The minimum atomic E-state index is -0.781. The maximum atomic E-state index is 13.3. The number of ether oxygens (including phenoxy) is 2. The molecule has 0 spiro atoms. The maximum Gasteiger partial charge on any atom is 0.295 e. The number of methoxy groups -OCH3 is 2. The van der Waals surface area contributed by atoms with Crippen molar-refractivity contribution in [1.82, 2.24) is 4.90 Å². The molecule has 0 saturated carbocycles. The van der Waals surface area contributed by atoms with Crippen LogP contribution in [0.2, 0.25) is 5.02 Å². The highest BCUT2D eigenvalue weighted by Gasteiger charge is 2.46. The number of halogens is 1. The van der Waals surface area contributed by atoms with Crippen molar-refractivity contribution in [2.45, 2.75) is 12.5 Å². The van der Waals surface area contributed by atoms with Gasteiger partial charge in [-0.3, -0.25) is 9.59 Å². The van der Waals surface area contributed by atoms with Gasteiger partial charge in [0.1, 0.15) is 17.3 Å². The molecule has 0 bridgehead atoms. The molecule has 1 amide bonds. The average molecular weight is 521 g/mol. The number of nitrogens with zero attached hydrogens (tertiary/aromatic N) is 2. The number of hydrogen-bond donors (Lipinski definition) is 1. The van der Waals surface area contributed by atoms with Gasteiger partial charge in [0.05, 0.1) is 30.9 Å². The molecule has 3 aromatic carbocycles. The normalized spacial score (nSPS) is 16.7. The third kappa shape index (κ3) is 5.27. The molecular weight excluding hydrogens is 492 g/mol. The molecule has 0 aliphatic carbocycles. The highest BCUT2D eigenvalue weighted by molar-refractivity contribution is 6.47. The van der Waals surface area contributed by atoms with Gasteiger partial charge in [-0.25, -0.2) is 0 Å². The largest absolute Gasteiger partial charge is 0.507 e. The zero-order chi connectivity index (χ0) is 26.7. The van der Waals surface area contributed by atoms with Gasteiger partial charge in [0.25, 0.3) is 11.7 Å². The summed E-state index contributed by atoms with van der Waals surface area (Å²) in [5.74, 6) is -0.564. The molecule has 0 aromatic heterocycles. The van der Waals surface area contributed by atoms with E-state index < -0.39 is 17.7 Å². The first-order chi connectivity index (χ1) is 17.7. The minimum Gasteiger partial charge on any atom is -0.507 e. The standard InChI is InChI=1S/C29H29ClN2O5/c1-31(2)20-9-7-19(8-10-20)26-25(27(33)23-17-22(37-4)13-14-24(23)30)28(34)29(35)32(26)16-15-18-5-11-21(36-3)12-6-18/h5-14,17,26,33H,15-16H2,1-4H3/b27-25+. The maximum absolute atomic E-state index is 13.3. The van der Waals surface area contributed by atoms with E-state index in [9.17, 15) is 14.7 Å². The first kappa shape index (κ1) is 26.1. The number of hydrogen-bond acceptors (Lipinski definition) is 6. The lowest BCUT2D eigenvalue weighted by molar-refractivity contribution is -0.139. The van der Waals surface area contributed by atoms with Crippen LogP contribution < -0.4 is 14.4 Å². The van der Waals surface area contributed by atoms with E-state index in [1.165, 1.54) is 12.0 Å². The van der Waals surface area contributed by atoms with Crippen LogP contribution in [0, 0.1) is 0 Å². The number of carbonyl (C=O) groups excluding carboxylic acids is 2. The summed E-state index contributed by atoms with van der Waals surface area (Å²) in [6.07, 6.45) is 0.517. The number of amides is 1. The molecule has 192 valence electrons. The Bertz CT molecular complexity index is 1330. The third-order valence-electron chi connectivity index (χ3n) is 6.49. The second-order valence-corrected chi connectivity index (χ2v) is 9.33. The van der Waals surface area contributed by atoms with Crippen LogP contribution in [-0.2, 0) is 16.0 Å². The average Bonchev–Trinajstić information content (AvgIpc) is 3.17. The van der Waals surface area contributed by atoms with Crippen LogP contribution in [-0.4, -0.2) is 56.6 Å². The monoisotopic (exact) mass is 520 g/mol. The van der Waals surface area contributed by atoms with Gasteiger partial charge in [-0.1, -0.05) is 35.9 Å². The second kappa shape index (κ2) is 11.0. The lowest BCUT2D eigenvalue weighted by Gasteiger charge is -2.26. The van der Waals surface area contributed by atoms with Gasteiger partial charge >= 0.3 is 0 Å². The topological polar surface area (TPSA) is 79.3 Å². The summed E-state index contributed by atoms with van der Waals surface area (Å²) in [4.78, 5) is 30.1. The number of Topliss-reactive ketones (excluding diaryl/α,β-unsaturated/α-hetero) is 1. The van der Waals surface area contributed by atoms with Crippen molar-refractivity contribution < 1.29 is 24.2 Å². The molecular formula is C29H29ClN2O5. The molecule has 1 saturated heterocycles. The fourth-order valence-electron chi connectivity index (χ4n) is 4.41. The quantitative estimate of drug-likeness (QED) is 0.253. The van der Waals surface area contributed by atoms with Crippen LogP contribution in [0.5, 0.6) is 11.5 Å². The predicted octanol–water partition coefficient (Wildman–Crippen LogP) is 5.09. The molecule has 1 aliphatic heterocycles. The molecule has 1 N–H and O–H groups in total. The van der Waals surface area contributed by atoms with E-state index in [0.717, 1.165) is 17.0 Å². The summed E-state index contributed by atoms with van der Waals surface area (Å²) in [7, 11) is 6.96. The lowest BCUT2D eigenvalue weighted by atomic mass is 9.94. The van der Waals surface area contributed by atoms with E-state index in [2.05, 4.69) is 0 Å². The SMILES string of the molecule is COc1ccc(CCN2C(=O)C(=O)/C(=C(/O)c3cc(OC)ccc3Cl)C2c2ccc(N(C)C)cc2)cc1. The van der Waals surface area contributed by atoms with Crippen molar-refractivity contribution >= 4 is 34.7 Å². The summed E-state index contributed by atoms with van der Waals surface area (Å²) >= 11 is 6.39. The Morgan fingerprint density at radius 3 is 2.16 bits per heavy atom. The molecule has 8 heteroatoms. The van der Waals surface area contributed by atoms with E-state index in [1.54, 1.807) is 25.3 Å². The highest BCUT2D eigenvalue weighted by Crippen LogP contribution is 2.41. The molecule has 1 heterocycles. The van der Waals surface area contributed by atoms with Crippen LogP contribution in [0.3, 0.4) is 0 Å². The fourth-order valence-corrected chi connectivity index (χ4v) is 4.62. The van der Waals surface area contributed by atoms with Crippen LogP contribution in [0.15, 0.2) is 72.3 Å². The Kier molecular flexibility index (Phi) is 7.74. The zero-order valence-electron chi connectivity index (χ0n) is 21.2. The lowest BCUT2D eigenvalue weighted by Crippen LogP contribution is -2.31. The summed E-state index contributed by atoms with van der Waals surface area (Å²) in [6.45, 7) is 0.277. The molecule has 3 aromatic rings. The number of ketones is 1. The van der Waals surface area contributed by atoms with Gasteiger partial charge in [0.15, 0.2) is 0 Å². The molecule has 37 heavy (non-hydrogen) atoms. The Morgan fingerprint density at radius 2 is 1.57 bits per heavy atom. The number of rotatable bonds is 8. The fraction of sp³-hybridized carbons (Fsp3) is 0.241. The van der Waals surface area contributed by atoms with E-state index in [1.807, 2.05) is 67.5 Å². The van der Waals surface area contributed by atoms with Gasteiger partial charge in [0, 0.05) is 31.9 Å². The Labute approximate surface area is 221 Å². The van der Waals surface area contributed by atoms with Gasteiger partial charge in [0.2, 0.25) is 0 Å². The zero-order valence-corrected chi connectivity index (χ0v) is 22.0. The Morgan fingerprint density at radius 1 is 0.946 bits per heavy atom. The summed E-state index contributed by atoms with van der Waals surface area (Å²) in [5.41, 5.74) is 2.88. The number of likely N-dealkylation sites (tertiary alicyclic amines) is 1. The number of benzene rings is 3. The molecule has 1 fully saturated rings. The number of aliphatic hydroxyl groups is 1. The van der Waals surface area contributed by atoms with Crippen LogP contribution in [0.1, 0.15) is 22.7 Å². The Balaban J connectivity index is 1.79. The number of carbonyl (C=O) groups is 2. The molecule has 1 aliphatic rings. The molecule has 1 unspecified atom stereocenters. The smallest absolute Gasteiger partial charge is 0.295 e. The van der Waals surface area contributed by atoms with Crippen LogP contribution in [0.25, 0.3) is 5.76 Å². The van der Waals surface area contributed by atoms with Crippen molar-refractivity contribution in [3.63, 3.8) is 0 Å². The summed E-state index contributed by atoms with van der Waals surface area (Å²) in [5, 5.41) is 11.6. The van der Waals surface area contributed by atoms with Crippen molar-refractivity contribution in [1.29, 1.82) is 0 Å². The third-order valence-corrected chi connectivity index (χ3v) is 6.82. The summed E-state index contributed by atoms with van der Waals surface area (Å²) in [6, 6.07) is 19.1. The number of anilines is 1. The molecule has 0 radical (unpaired) electrons. The van der Waals surface area contributed by atoms with Gasteiger partial charge in [-0.2, -0.15) is 0 Å². The van der Waals surface area contributed by atoms with Gasteiger partial charge < -0.3 is 24.4 Å². The van der Waals surface area contributed by atoms with E-state index in [4.69, 9.17) is 21.1 Å². The van der Waals surface area contributed by atoms with Gasteiger partial charge in [-0.05, 0) is 60.0 Å². The van der Waals surface area contributed by atoms with Gasteiger partial charge in [-0.15, -0.1) is 0 Å². The first-order valence-corrected chi connectivity index (χ1v) is 12.2. The highest BCUT2D eigenvalue weighted by atomic mass is 35.5. The van der Waals surface area contributed by atoms with Crippen molar-refractivity contribution in [2.75, 3.05) is 39.8 Å². The van der Waals surface area contributed by atoms with Crippen LogP contribution in [0.4, 0.5) is 5.69 Å². The van der Waals surface area contributed by atoms with E-state index in [0.29, 0.717) is 17.7 Å². The first-order valence-electron chi connectivity index (χ1n) is 11.8. The van der Waals surface area contributed by atoms with Crippen molar-refractivity contribution in [3.8, 4) is 11.5 Å². The number of aliphatic hydroxyl groups excluding tert-OH is 1. The van der Waals surface area contributed by atoms with Crippen molar-refractivity contribution in [2.24, 2.45) is 0 Å². The van der Waals surface area contributed by atoms with Crippen molar-refractivity contribution in [3.05, 3.63) is 94.0 Å². The Hall–Kier alpha value is -3.97. The second-order valence-electron chi connectivity index (χ2n) is 8.92. The minimum absolute atomic E-state index is 0.00696.